The number of esters is 1. The van der Waals surface area contributed by atoms with Gasteiger partial charge in [-0.2, -0.15) is 14.6 Å². The van der Waals surface area contributed by atoms with E-state index in [-0.39, 0.29) is 41.8 Å². The summed E-state index contributed by atoms with van der Waals surface area (Å²) < 4.78 is 33.4. The number of hydrogen-bond acceptors (Lipinski definition) is 7. The molecular weight excluding hydrogens is 534 g/mol. The van der Waals surface area contributed by atoms with Crippen LogP contribution in [0, 0.1) is 18.6 Å². The Hall–Kier alpha value is -5.00. The predicted molar refractivity (Wildman–Crippen MR) is 143 cm³/mol. The first-order chi connectivity index (χ1) is 19.7. The van der Waals surface area contributed by atoms with Gasteiger partial charge >= 0.3 is 5.97 Å². The SMILES string of the molecule is C=CCOC(=O)c1ccc2c(c1C)CC[C@@H]2CNC(=O)c1cc(C(=O)NCc2cc(F)cc(F)c2)nc2ncnn12. The molecule has 5 rings (SSSR count). The number of fused-ring (bicyclic) bond motifs is 2. The lowest BCUT2D eigenvalue weighted by Crippen LogP contribution is -2.31. The van der Waals surface area contributed by atoms with Gasteiger partial charge in [0.2, 0.25) is 0 Å². The minimum atomic E-state index is -0.761. The van der Waals surface area contributed by atoms with E-state index in [4.69, 9.17) is 4.74 Å². The van der Waals surface area contributed by atoms with E-state index < -0.39 is 29.4 Å². The molecule has 41 heavy (non-hydrogen) atoms. The van der Waals surface area contributed by atoms with Gasteiger partial charge in [0.05, 0.1) is 5.56 Å². The molecule has 1 aliphatic carbocycles. The van der Waals surface area contributed by atoms with E-state index in [1.807, 2.05) is 13.0 Å². The van der Waals surface area contributed by atoms with Crippen LogP contribution in [-0.4, -0.2) is 50.5 Å². The molecule has 0 saturated carbocycles. The van der Waals surface area contributed by atoms with Crippen molar-refractivity contribution in [2.24, 2.45) is 0 Å². The van der Waals surface area contributed by atoms with Crippen molar-refractivity contribution in [2.45, 2.75) is 32.2 Å². The molecule has 12 heteroatoms. The molecule has 2 aromatic heterocycles. The number of amides is 2. The number of ether oxygens (including phenoxy) is 1. The van der Waals surface area contributed by atoms with Crippen LogP contribution < -0.4 is 10.6 Å². The molecule has 1 aliphatic rings. The van der Waals surface area contributed by atoms with Crippen molar-refractivity contribution in [2.75, 3.05) is 13.2 Å². The van der Waals surface area contributed by atoms with E-state index in [1.54, 1.807) is 6.07 Å². The predicted octanol–water partition coefficient (Wildman–Crippen LogP) is 3.44. The number of nitrogens with one attached hydrogen (secondary N) is 2. The highest BCUT2D eigenvalue weighted by Gasteiger charge is 2.27. The zero-order valence-electron chi connectivity index (χ0n) is 22.1. The average molecular weight is 561 g/mol. The number of rotatable bonds is 9. The summed E-state index contributed by atoms with van der Waals surface area (Å²) in [6.07, 6.45) is 4.27. The van der Waals surface area contributed by atoms with E-state index in [0.717, 1.165) is 47.7 Å². The highest BCUT2D eigenvalue weighted by Crippen LogP contribution is 2.36. The third kappa shape index (κ3) is 5.81. The molecule has 1 atom stereocenters. The summed E-state index contributed by atoms with van der Waals surface area (Å²) >= 11 is 0. The number of carbonyl (C=O) groups is 3. The highest BCUT2D eigenvalue weighted by molar-refractivity contribution is 5.98. The Labute approximate surface area is 233 Å². The van der Waals surface area contributed by atoms with Crippen LogP contribution >= 0.6 is 0 Å². The second kappa shape index (κ2) is 11.6. The number of aromatic nitrogens is 4. The zero-order chi connectivity index (χ0) is 29.1. The summed E-state index contributed by atoms with van der Waals surface area (Å²) in [6, 6.07) is 7.87. The Morgan fingerprint density at radius 1 is 1.12 bits per heavy atom. The Balaban J connectivity index is 1.29. The van der Waals surface area contributed by atoms with Crippen LogP contribution in [0.25, 0.3) is 5.78 Å². The van der Waals surface area contributed by atoms with E-state index in [2.05, 4.69) is 32.3 Å². The van der Waals surface area contributed by atoms with Gasteiger partial charge in [-0.05, 0) is 60.2 Å². The summed E-state index contributed by atoms with van der Waals surface area (Å²) in [7, 11) is 0. The maximum atomic E-state index is 13.5. The van der Waals surface area contributed by atoms with Crippen LogP contribution in [0.3, 0.4) is 0 Å². The molecule has 0 spiro atoms. The van der Waals surface area contributed by atoms with Crippen molar-refractivity contribution in [3.8, 4) is 0 Å². The first kappa shape index (κ1) is 27.6. The first-order valence-electron chi connectivity index (χ1n) is 12.9. The number of benzene rings is 2. The molecule has 2 amide bonds. The maximum Gasteiger partial charge on any atom is 0.338 e. The molecule has 2 heterocycles. The summed E-state index contributed by atoms with van der Waals surface area (Å²) in [5.41, 5.74) is 3.66. The quantitative estimate of drug-likeness (QED) is 0.237. The Morgan fingerprint density at radius 3 is 2.66 bits per heavy atom. The molecule has 4 aromatic rings. The number of carbonyl (C=O) groups excluding carboxylic acids is 3. The minimum Gasteiger partial charge on any atom is -0.458 e. The van der Waals surface area contributed by atoms with Gasteiger partial charge in [0.25, 0.3) is 17.6 Å². The lowest BCUT2D eigenvalue weighted by molar-refractivity contribution is 0.0548. The Kier molecular flexibility index (Phi) is 7.81. The molecule has 0 unspecified atom stereocenters. The molecular formula is C29H26F2N6O4. The Morgan fingerprint density at radius 2 is 1.90 bits per heavy atom. The molecule has 0 aliphatic heterocycles. The fourth-order valence-corrected chi connectivity index (χ4v) is 4.99. The van der Waals surface area contributed by atoms with Crippen LogP contribution in [0.5, 0.6) is 0 Å². The summed E-state index contributed by atoms with van der Waals surface area (Å²) in [4.78, 5) is 46.6. The molecule has 2 aromatic carbocycles. The van der Waals surface area contributed by atoms with Crippen LogP contribution in [0.4, 0.5) is 8.78 Å². The van der Waals surface area contributed by atoms with Gasteiger partial charge in [-0.3, -0.25) is 9.59 Å². The molecule has 10 nitrogen and oxygen atoms in total. The molecule has 2 N–H and O–H groups in total. The van der Waals surface area contributed by atoms with E-state index in [1.165, 1.54) is 23.0 Å². The van der Waals surface area contributed by atoms with E-state index in [9.17, 15) is 23.2 Å². The van der Waals surface area contributed by atoms with Gasteiger partial charge in [0, 0.05) is 31.1 Å². The third-order valence-corrected chi connectivity index (χ3v) is 6.97. The normalized spacial score (nSPS) is 14.0. The second-order valence-corrected chi connectivity index (χ2v) is 9.60. The van der Waals surface area contributed by atoms with Crippen molar-refractivity contribution < 1.29 is 27.9 Å². The zero-order valence-corrected chi connectivity index (χ0v) is 22.1. The topological polar surface area (TPSA) is 128 Å². The fourth-order valence-electron chi connectivity index (χ4n) is 4.99. The van der Waals surface area contributed by atoms with Crippen LogP contribution in [0.1, 0.15) is 65.9 Å². The van der Waals surface area contributed by atoms with Gasteiger partial charge in [0.1, 0.15) is 36.0 Å². The molecule has 210 valence electrons. The van der Waals surface area contributed by atoms with Gasteiger partial charge in [0.15, 0.2) is 0 Å². The van der Waals surface area contributed by atoms with Crippen molar-refractivity contribution in [3.05, 3.63) is 106 Å². The molecule has 0 fully saturated rings. The minimum absolute atomic E-state index is 0.0217. The first-order valence-corrected chi connectivity index (χ1v) is 12.9. The van der Waals surface area contributed by atoms with Crippen LogP contribution in [0.15, 0.2) is 55.4 Å². The largest absolute Gasteiger partial charge is 0.458 e. The highest BCUT2D eigenvalue weighted by atomic mass is 19.1. The summed E-state index contributed by atoms with van der Waals surface area (Å²) in [5.74, 6) is -3.01. The third-order valence-electron chi connectivity index (χ3n) is 6.97. The standard InChI is InChI=1S/C29H26F2N6O4/c1-3-8-41-28(40)22-6-7-23-18(4-5-21(23)16(22)2)14-33-27(39)25-12-24(36-29-34-15-35-37(25)29)26(38)32-13-17-9-19(30)11-20(31)10-17/h3,6-7,9-12,15,18H,1,4-5,8,13-14H2,2H3,(H,32,38)(H,33,39)/t18-/m1/s1. The maximum absolute atomic E-state index is 13.5. The van der Waals surface area contributed by atoms with Gasteiger partial charge in [-0.1, -0.05) is 18.7 Å². The smallest absolute Gasteiger partial charge is 0.338 e. The summed E-state index contributed by atoms with van der Waals surface area (Å²) in [6.45, 7) is 5.75. The molecule has 0 saturated heterocycles. The molecule has 0 radical (unpaired) electrons. The van der Waals surface area contributed by atoms with Gasteiger partial charge < -0.3 is 15.4 Å². The van der Waals surface area contributed by atoms with Gasteiger partial charge in [-0.25, -0.2) is 18.6 Å². The summed E-state index contributed by atoms with van der Waals surface area (Å²) in [5, 5.41) is 9.50. The van der Waals surface area contributed by atoms with Gasteiger partial charge in [-0.15, -0.1) is 0 Å². The van der Waals surface area contributed by atoms with Crippen molar-refractivity contribution >= 4 is 23.6 Å². The van der Waals surface area contributed by atoms with E-state index in [0.29, 0.717) is 12.1 Å². The lowest BCUT2D eigenvalue weighted by Gasteiger charge is -2.15. The van der Waals surface area contributed by atoms with E-state index >= 15 is 0 Å². The fraction of sp³-hybridized carbons (Fsp3) is 0.241. The molecule has 0 bridgehead atoms. The number of hydrogen-bond donors (Lipinski definition) is 2. The Bertz CT molecular complexity index is 1670. The van der Waals surface area contributed by atoms with Crippen LogP contribution in [0.2, 0.25) is 0 Å². The lowest BCUT2D eigenvalue weighted by atomic mass is 9.95. The van der Waals surface area contributed by atoms with Crippen molar-refractivity contribution in [1.29, 1.82) is 0 Å². The van der Waals surface area contributed by atoms with Crippen LogP contribution in [-0.2, 0) is 17.7 Å². The average Bonchev–Trinajstić information content (AvgIpc) is 3.60. The monoisotopic (exact) mass is 560 g/mol. The number of halogens is 2. The second-order valence-electron chi connectivity index (χ2n) is 9.60. The number of nitrogens with zero attached hydrogens (tertiary/aromatic N) is 4. The van der Waals surface area contributed by atoms with Crippen molar-refractivity contribution in [1.82, 2.24) is 30.2 Å². The van der Waals surface area contributed by atoms with Crippen molar-refractivity contribution in [3.63, 3.8) is 0 Å².